The van der Waals surface area contributed by atoms with Gasteiger partial charge in [0.2, 0.25) is 5.91 Å². The molecule has 0 aliphatic heterocycles. The Morgan fingerprint density at radius 2 is 1.69 bits per heavy atom. The van der Waals surface area contributed by atoms with E-state index in [1.165, 1.54) is 0 Å². The van der Waals surface area contributed by atoms with Gasteiger partial charge in [-0.3, -0.25) is 9.59 Å². The zero-order valence-electron chi connectivity index (χ0n) is 8.25. The van der Waals surface area contributed by atoms with E-state index in [0.29, 0.717) is 25.9 Å². The Hall–Kier alpha value is -1.06. The number of carboxylic acids is 1. The molecule has 0 saturated carbocycles. The van der Waals surface area contributed by atoms with Gasteiger partial charge in [-0.25, -0.2) is 0 Å². The highest BCUT2D eigenvalue weighted by Crippen LogP contribution is 2.00. The molecule has 0 unspecified atom stereocenters. The third kappa shape index (κ3) is 5.22. The topological polar surface area (TPSA) is 57.6 Å². The summed E-state index contributed by atoms with van der Waals surface area (Å²) in [5.41, 5.74) is 0. The van der Waals surface area contributed by atoms with Crippen molar-refractivity contribution in [2.45, 2.75) is 33.1 Å². The summed E-state index contributed by atoms with van der Waals surface area (Å²) in [6.07, 6.45) is 0.853. The van der Waals surface area contributed by atoms with Gasteiger partial charge in [0.1, 0.15) is 0 Å². The van der Waals surface area contributed by atoms with E-state index in [4.69, 9.17) is 5.11 Å². The number of nitrogens with zero attached hydrogens (tertiary/aromatic N) is 1. The van der Waals surface area contributed by atoms with Crippen molar-refractivity contribution in [2.24, 2.45) is 0 Å². The van der Waals surface area contributed by atoms with E-state index < -0.39 is 5.97 Å². The maximum atomic E-state index is 11.3. The van der Waals surface area contributed by atoms with Gasteiger partial charge in [0.15, 0.2) is 0 Å². The lowest BCUT2D eigenvalue weighted by atomic mass is 10.2. The predicted molar refractivity (Wildman–Crippen MR) is 49.4 cm³/mol. The van der Waals surface area contributed by atoms with Crippen molar-refractivity contribution in [3.8, 4) is 0 Å². The van der Waals surface area contributed by atoms with Crippen LogP contribution in [-0.4, -0.2) is 35.0 Å². The van der Waals surface area contributed by atoms with Gasteiger partial charge in [0.25, 0.3) is 0 Å². The fraction of sp³-hybridized carbons (Fsp3) is 0.778. The van der Waals surface area contributed by atoms with Crippen LogP contribution in [0, 0.1) is 0 Å². The number of rotatable bonds is 6. The van der Waals surface area contributed by atoms with E-state index in [9.17, 15) is 9.59 Å². The molecule has 0 aromatic carbocycles. The van der Waals surface area contributed by atoms with Crippen LogP contribution in [0.4, 0.5) is 0 Å². The summed E-state index contributed by atoms with van der Waals surface area (Å²) in [7, 11) is 0. The molecule has 76 valence electrons. The van der Waals surface area contributed by atoms with Crippen molar-refractivity contribution in [3.63, 3.8) is 0 Å². The quantitative estimate of drug-likeness (QED) is 0.677. The summed E-state index contributed by atoms with van der Waals surface area (Å²) in [5, 5.41) is 8.35. The van der Waals surface area contributed by atoms with E-state index in [1.54, 1.807) is 4.90 Å². The molecule has 0 aliphatic carbocycles. The number of carbonyl (C=O) groups is 2. The third-order valence-corrected chi connectivity index (χ3v) is 1.90. The Morgan fingerprint density at radius 3 is 2.08 bits per heavy atom. The van der Waals surface area contributed by atoms with Crippen LogP contribution in [0.3, 0.4) is 0 Å². The van der Waals surface area contributed by atoms with E-state index >= 15 is 0 Å². The van der Waals surface area contributed by atoms with Crippen molar-refractivity contribution in [3.05, 3.63) is 0 Å². The second kappa shape index (κ2) is 6.46. The number of amides is 1. The fourth-order valence-electron chi connectivity index (χ4n) is 1.13. The Morgan fingerprint density at radius 1 is 1.15 bits per heavy atom. The van der Waals surface area contributed by atoms with Crippen molar-refractivity contribution in [1.82, 2.24) is 4.90 Å². The second-order valence-corrected chi connectivity index (χ2v) is 2.81. The monoisotopic (exact) mass is 187 g/mol. The van der Waals surface area contributed by atoms with Crippen molar-refractivity contribution < 1.29 is 14.7 Å². The smallest absolute Gasteiger partial charge is 0.303 e. The van der Waals surface area contributed by atoms with Crippen LogP contribution >= 0.6 is 0 Å². The van der Waals surface area contributed by atoms with E-state index in [-0.39, 0.29) is 12.3 Å². The van der Waals surface area contributed by atoms with Crippen molar-refractivity contribution in [2.75, 3.05) is 13.1 Å². The molecular weight excluding hydrogens is 170 g/mol. The molecule has 0 radical (unpaired) electrons. The van der Waals surface area contributed by atoms with E-state index in [2.05, 4.69) is 0 Å². The van der Waals surface area contributed by atoms with Crippen LogP contribution in [-0.2, 0) is 9.59 Å². The SMILES string of the molecule is CCN(CC)C(=O)CCCC(=O)O. The zero-order valence-corrected chi connectivity index (χ0v) is 8.25. The molecule has 0 rings (SSSR count). The summed E-state index contributed by atoms with van der Waals surface area (Å²) in [4.78, 5) is 23.2. The van der Waals surface area contributed by atoms with Gasteiger partial charge in [0, 0.05) is 25.9 Å². The predicted octanol–water partition coefficient (Wildman–Crippen LogP) is 1.11. The highest BCUT2D eigenvalue weighted by molar-refractivity contribution is 5.76. The van der Waals surface area contributed by atoms with Crippen LogP contribution in [0.2, 0.25) is 0 Å². The number of aliphatic carboxylic acids is 1. The Balaban J connectivity index is 3.66. The molecule has 0 aromatic rings. The molecule has 13 heavy (non-hydrogen) atoms. The van der Waals surface area contributed by atoms with Crippen LogP contribution in [0.5, 0.6) is 0 Å². The molecule has 0 aromatic heterocycles. The average molecular weight is 187 g/mol. The van der Waals surface area contributed by atoms with Gasteiger partial charge in [-0.15, -0.1) is 0 Å². The lowest BCUT2D eigenvalue weighted by Gasteiger charge is -2.17. The van der Waals surface area contributed by atoms with Gasteiger partial charge < -0.3 is 10.0 Å². The summed E-state index contributed by atoms with van der Waals surface area (Å²) in [6.45, 7) is 5.22. The normalized spacial score (nSPS) is 9.69. The Kier molecular flexibility index (Phi) is 5.93. The maximum Gasteiger partial charge on any atom is 0.303 e. The summed E-state index contributed by atoms with van der Waals surface area (Å²) >= 11 is 0. The minimum atomic E-state index is -0.840. The van der Waals surface area contributed by atoms with Crippen LogP contribution in [0.15, 0.2) is 0 Å². The van der Waals surface area contributed by atoms with E-state index in [1.807, 2.05) is 13.8 Å². The number of hydrogen-bond donors (Lipinski definition) is 1. The van der Waals surface area contributed by atoms with Crippen LogP contribution in [0.1, 0.15) is 33.1 Å². The van der Waals surface area contributed by atoms with Crippen LogP contribution < -0.4 is 0 Å². The molecule has 4 heteroatoms. The van der Waals surface area contributed by atoms with Gasteiger partial charge in [-0.1, -0.05) is 0 Å². The fourth-order valence-corrected chi connectivity index (χ4v) is 1.13. The van der Waals surface area contributed by atoms with Gasteiger partial charge in [-0.2, -0.15) is 0 Å². The highest BCUT2D eigenvalue weighted by Gasteiger charge is 2.09. The third-order valence-electron chi connectivity index (χ3n) is 1.90. The minimum Gasteiger partial charge on any atom is -0.481 e. The van der Waals surface area contributed by atoms with Crippen LogP contribution in [0.25, 0.3) is 0 Å². The number of carboxylic acid groups (broad SMARTS) is 1. The summed E-state index contributed by atoms with van der Waals surface area (Å²) in [6, 6.07) is 0. The molecule has 4 nitrogen and oxygen atoms in total. The Bertz CT molecular complexity index is 176. The first-order valence-electron chi connectivity index (χ1n) is 4.61. The average Bonchev–Trinajstić information content (AvgIpc) is 2.05. The molecule has 0 fully saturated rings. The Labute approximate surface area is 78.5 Å². The first-order chi connectivity index (χ1) is 6.11. The van der Waals surface area contributed by atoms with E-state index in [0.717, 1.165) is 0 Å². The lowest BCUT2D eigenvalue weighted by Crippen LogP contribution is -2.30. The lowest BCUT2D eigenvalue weighted by molar-refractivity contribution is -0.137. The number of carbonyl (C=O) groups excluding carboxylic acids is 1. The first kappa shape index (κ1) is 11.9. The first-order valence-corrected chi connectivity index (χ1v) is 4.61. The highest BCUT2D eigenvalue weighted by atomic mass is 16.4. The summed E-state index contributed by atoms with van der Waals surface area (Å²) in [5.74, 6) is -0.793. The van der Waals surface area contributed by atoms with Gasteiger partial charge >= 0.3 is 5.97 Å². The standard InChI is InChI=1S/C9H17NO3/c1-3-10(4-2)8(11)6-5-7-9(12)13/h3-7H2,1-2H3,(H,12,13). The molecule has 1 N–H and O–H groups in total. The second-order valence-electron chi connectivity index (χ2n) is 2.81. The maximum absolute atomic E-state index is 11.3. The molecule has 0 atom stereocenters. The molecule has 1 amide bonds. The molecule has 0 saturated heterocycles. The van der Waals surface area contributed by atoms with Gasteiger partial charge in [0.05, 0.1) is 0 Å². The van der Waals surface area contributed by atoms with Crippen molar-refractivity contribution in [1.29, 1.82) is 0 Å². The molecular formula is C9H17NO3. The van der Waals surface area contributed by atoms with Gasteiger partial charge in [-0.05, 0) is 20.3 Å². The largest absolute Gasteiger partial charge is 0.481 e. The molecule has 0 bridgehead atoms. The number of hydrogen-bond acceptors (Lipinski definition) is 2. The summed E-state index contributed by atoms with van der Waals surface area (Å²) < 4.78 is 0. The molecule has 0 aliphatic rings. The zero-order chi connectivity index (χ0) is 10.3. The molecule has 0 heterocycles. The minimum absolute atomic E-state index is 0.0475. The van der Waals surface area contributed by atoms with Crippen molar-refractivity contribution >= 4 is 11.9 Å². The molecule has 0 spiro atoms.